The highest BCUT2D eigenvalue weighted by molar-refractivity contribution is 6.30. The third-order valence-corrected chi connectivity index (χ3v) is 6.85. The van der Waals surface area contributed by atoms with Gasteiger partial charge in [0.1, 0.15) is 11.6 Å². The molecule has 2 aromatic rings. The van der Waals surface area contributed by atoms with E-state index < -0.39 is 5.41 Å². The SMILES string of the molecule is O=C(C[C@]1(COc2cccc(Cl)c2)CCCN(C(=O)c2ccc(F)cc2)C1)N1CCCCC1. The van der Waals surface area contributed by atoms with Gasteiger partial charge in [0, 0.05) is 48.6 Å². The van der Waals surface area contributed by atoms with Crippen molar-refractivity contribution in [2.75, 3.05) is 32.8 Å². The Bertz CT molecular complexity index is 978. The molecule has 2 aliphatic rings. The minimum atomic E-state index is -0.495. The number of likely N-dealkylation sites (tertiary alicyclic amines) is 2. The van der Waals surface area contributed by atoms with Gasteiger partial charge in [0.2, 0.25) is 5.91 Å². The number of piperidine rings is 2. The predicted molar refractivity (Wildman–Crippen MR) is 126 cm³/mol. The summed E-state index contributed by atoms with van der Waals surface area (Å²) in [6.07, 6.45) is 5.13. The van der Waals surface area contributed by atoms with Gasteiger partial charge in [-0.05, 0) is 74.6 Å². The molecule has 0 N–H and O–H groups in total. The quantitative estimate of drug-likeness (QED) is 0.581. The zero-order valence-corrected chi connectivity index (χ0v) is 19.5. The van der Waals surface area contributed by atoms with Gasteiger partial charge in [-0.25, -0.2) is 4.39 Å². The molecule has 1 atom stereocenters. The van der Waals surface area contributed by atoms with E-state index in [9.17, 15) is 14.0 Å². The summed E-state index contributed by atoms with van der Waals surface area (Å²) < 4.78 is 19.5. The number of rotatable bonds is 6. The molecule has 4 rings (SSSR count). The van der Waals surface area contributed by atoms with Crippen molar-refractivity contribution >= 4 is 23.4 Å². The summed E-state index contributed by atoms with van der Waals surface area (Å²) in [5.41, 5.74) is -0.0459. The Labute approximate surface area is 199 Å². The number of halogens is 2. The standard InChI is InChI=1S/C26H30ClFN2O3/c27-21-6-4-7-23(16-21)33-19-26(17-24(31)29-13-2-1-3-14-29)12-5-15-30(18-26)25(32)20-8-10-22(28)11-9-20/h4,6-11,16H,1-3,5,12-15,17-19H2/t26-/m1/s1. The lowest BCUT2D eigenvalue weighted by atomic mass is 9.77. The van der Waals surface area contributed by atoms with Crippen molar-refractivity contribution in [3.05, 3.63) is 64.9 Å². The first-order valence-corrected chi connectivity index (χ1v) is 12.0. The van der Waals surface area contributed by atoms with Crippen molar-refractivity contribution in [3.63, 3.8) is 0 Å². The average molecular weight is 473 g/mol. The molecule has 0 aromatic heterocycles. The van der Waals surface area contributed by atoms with Crippen molar-refractivity contribution in [1.82, 2.24) is 9.80 Å². The first kappa shape index (κ1) is 23.6. The van der Waals surface area contributed by atoms with Crippen molar-refractivity contribution < 1.29 is 18.7 Å². The number of ether oxygens (including phenoxy) is 1. The van der Waals surface area contributed by atoms with Gasteiger partial charge in [0.15, 0.2) is 0 Å². The van der Waals surface area contributed by atoms with Gasteiger partial charge in [-0.3, -0.25) is 9.59 Å². The van der Waals surface area contributed by atoms with Crippen molar-refractivity contribution in [2.24, 2.45) is 5.41 Å². The number of carbonyl (C=O) groups excluding carboxylic acids is 2. The highest BCUT2D eigenvalue weighted by Gasteiger charge is 2.41. The maximum absolute atomic E-state index is 13.3. The Balaban J connectivity index is 1.53. The molecule has 2 amide bonds. The predicted octanol–water partition coefficient (Wildman–Crippen LogP) is 5.18. The second-order valence-corrected chi connectivity index (χ2v) is 9.64. The van der Waals surface area contributed by atoms with Crippen LogP contribution in [0.25, 0.3) is 0 Å². The lowest BCUT2D eigenvalue weighted by Gasteiger charge is -2.43. The lowest BCUT2D eigenvalue weighted by molar-refractivity contribution is -0.136. The third-order valence-electron chi connectivity index (χ3n) is 6.62. The van der Waals surface area contributed by atoms with E-state index in [0.29, 0.717) is 42.5 Å². The van der Waals surface area contributed by atoms with E-state index in [1.165, 1.54) is 24.3 Å². The zero-order chi connectivity index (χ0) is 23.3. The summed E-state index contributed by atoms with van der Waals surface area (Å²) in [6, 6.07) is 12.8. The van der Waals surface area contributed by atoms with E-state index in [1.54, 1.807) is 17.0 Å². The van der Waals surface area contributed by atoms with Crippen LogP contribution in [-0.2, 0) is 4.79 Å². The van der Waals surface area contributed by atoms with E-state index in [2.05, 4.69) is 0 Å². The largest absolute Gasteiger partial charge is 0.493 e. The smallest absolute Gasteiger partial charge is 0.253 e. The highest BCUT2D eigenvalue weighted by Crippen LogP contribution is 2.36. The normalized spacial score (nSPS) is 21.0. The first-order chi connectivity index (χ1) is 15.9. The van der Waals surface area contributed by atoms with Gasteiger partial charge in [0.05, 0.1) is 6.61 Å². The molecular formula is C26H30ClFN2O3. The Morgan fingerprint density at radius 3 is 2.42 bits per heavy atom. The molecule has 176 valence electrons. The molecule has 0 spiro atoms. The molecule has 0 unspecified atom stereocenters. The van der Waals surface area contributed by atoms with E-state index >= 15 is 0 Å². The molecule has 7 heteroatoms. The number of hydrogen-bond acceptors (Lipinski definition) is 3. The maximum atomic E-state index is 13.3. The summed E-state index contributed by atoms with van der Waals surface area (Å²) >= 11 is 6.11. The second-order valence-electron chi connectivity index (χ2n) is 9.20. The Hall–Kier alpha value is -2.60. The lowest BCUT2D eigenvalue weighted by Crippen LogP contribution is -2.51. The van der Waals surface area contributed by atoms with Crippen molar-refractivity contribution in [3.8, 4) is 5.75 Å². The summed E-state index contributed by atoms with van der Waals surface area (Å²) in [6.45, 7) is 2.93. The third kappa shape index (κ3) is 6.05. The van der Waals surface area contributed by atoms with Crippen LogP contribution in [-0.4, -0.2) is 54.4 Å². The van der Waals surface area contributed by atoms with Gasteiger partial charge in [-0.15, -0.1) is 0 Å². The fourth-order valence-electron chi connectivity index (χ4n) is 4.84. The fourth-order valence-corrected chi connectivity index (χ4v) is 5.02. The summed E-state index contributed by atoms with van der Waals surface area (Å²) in [4.78, 5) is 30.1. The number of amides is 2. The molecule has 5 nitrogen and oxygen atoms in total. The molecule has 2 heterocycles. The van der Waals surface area contributed by atoms with Crippen LogP contribution in [0.4, 0.5) is 4.39 Å². The maximum Gasteiger partial charge on any atom is 0.253 e. The molecule has 2 aliphatic heterocycles. The minimum absolute atomic E-state index is 0.125. The second kappa shape index (κ2) is 10.6. The van der Waals surface area contributed by atoms with Crippen LogP contribution in [0.15, 0.2) is 48.5 Å². The number of carbonyl (C=O) groups is 2. The van der Waals surface area contributed by atoms with E-state index in [4.69, 9.17) is 16.3 Å². The monoisotopic (exact) mass is 472 g/mol. The number of hydrogen-bond donors (Lipinski definition) is 0. The average Bonchev–Trinajstić information content (AvgIpc) is 2.84. The number of nitrogens with zero attached hydrogens (tertiary/aromatic N) is 2. The molecular weight excluding hydrogens is 443 g/mol. The van der Waals surface area contributed by atoms with Crippen LogP contribution < -0.4 is 4.74 Å². The van der Waals surface area contributed by atoms with Gasteiger partial charge in [0.25, 0.3) is 5.91 Å². The summed E-state index contributed by atoms with van der Waals surface area (Å²) in [7, 11) is 0. The fraction of sp³-hybridized carbons (Fsp3) is 0.462. The Morgan fingerprint density at radius 1 is 0.970 bits per heavy atom. The number of benzene rings is 2. The van der Waals surface area contributed by atoms with Gasteiger partial charge >= 0.3 is 0 Å². The zero-order valence-electron chi connectivity index (χ0n) is 18.8. The van der Waals surface area contributed by atoms with E-state index in [-0.39, 0.29) is 17.6 Å². The summed E-state index contributed by atoms with van der Waals surface area (Å²) in [5, 5.41) is 0.586. The van der Waals surface area contributed by atoms with E-state index in [0.717, 1.165) is 45.2 Å². The minimum Gasteiger partial charge on any atom is -0.493 e. The molecule has 0 bridgehead atoms. The van der Waals surface area contributed by atoms with Crippen molar-refractivity contribution in [2.45, 2.75) is 38.5 Å². The van der Waals surface area contributed by atoms with Crippen LogP contribution in [0.5, 0.6) is 5.75 Å². The molecule has 33 heavy (non-hydrogen) atoms. The Morgan fingerprint density at radius 2 is 1.70 bits per heavy atom. The van der Waals surface area contributed by atoms with Crippen LogP contribution >= 0.6 is 11.6 Å². The van der Waals surface area contributed by atoms with E-state index in [1.807, 2.05) is 17.0 Å². The highest BCUT2D eigenvalue weighted by atomic mass is 35.5. The van der Waals surface area contributed by atoms with Gasteiger partial charge in [-0.2, -0.15) is 0 Å². The molecule has 0 radical (unpaired) electrons. The summed E-state index contributed by atoms with van der Waals surface area (Å²) in [5.74, 6) is 0.253. The van der Waals surface area contributed by atoms with Gasteiger partial charge < -0.3 is 14.5 Å². The van der Waals surface area contributed by atoms with Crippen LogP contribution in [0.1, 0.15) is 48.9 Å². The molecule has 2 fully saturated rings. The molecule has 2 saturated heterocycles. The van der Waals surface area contributed by atoms with Crippen molar-refractivity contribution in [1.29, 1.82) is 0 Å². The molecule has 2 aromatic carbocycles. The Kier molecular flexibility index (Phi) is 7.53. The topological polar surface area (TPSA) is 49.9 Å². The van der Waals surface area contributed by atoms with Gasteiger partial charge in [-0.1, -0.05) is 17.7 Å². The molecule has 0 aliphatic carbocycles. The first-order valence-electron chi connectivity index (χ1n) is 11.7. The van der Waals surface area contributed by atoms with Crippen LogP contribution in [0.2, 0.25) is 5.02 Å². The van der Waals surface area contributed by atoms with Crippen LogP contribution in [0, 0.1) is 11.2 Å². The molecule has 0 saturated carbocycles. The van der Waals surface area contributed by atoms with Crippen LogP contribution in [0.3, 0.4) is 0 Å².